The van der Waals surface area contributed by atoms with E-state index in [1.54, 1.807) is 20.8 Å². The molecule has 5 heteroatoms. The molecule has 0 N–H and O–H groups in total. The molecule has 0 bridgehead atoms. The van der Waals surface area contributed by atoms with E-state index >= 15 is 0 Å². The summed E-state index contributed by atoms with van der Waals surface area (Å²) in [6.07, 6.45) is -0.165. The molecule has 1 rings (SSSR count). The molecule has 0 aromatic rings. The molecule has 1 fully saturated rings. The SMILES string of the molecule is CC(C)(C)OC(=O)C1CC(=O)OC(=O)C1. The van der Waals surface area contributed by atoms with Crippen molar-refractivity contribution in [3.8, 4) is 0 Å². The van der Waals surface area contributed by atoms with E-state index in [0.717, 1.165) is 0 Å². The number of ether oxygens (including phenoxy) is 2. The fraction of sp³-hybridized carbons (Fsp3) is 0.700. The van der Waals surface area contributed by atoms with Crippen molar-refractivity contribution in [2.24, 2.45) is 5.92 Å². The predicted molar refractivity (Wildman–Crippen MR) is 49.7 cm³/mol. The van der Waals surface area contributed by atoms with Gasteiger partial charge in [0.1, 0.15) is 5.60 Å². The van der Waals surface area contributed by atoms with Crippen LogP contribution in [0.2, 0.25) is 0 Å². The van der Waals surface area contributed by atoms with Crippen LogP contribution in [0.15, 0.2) is 0 Å². The van der Waals surface area contributed by atoms with Gasteiger partial charge >= 0.3 is 17.9 Å². The first kappa shape index (κ1) is 11.7. The summed E-state index contributed by atoms with van der Waals surface area (Å²) in [5.41, 5.74) is -0.610. The molecule has 0 spiro atoms. The highest BCUT2D eigenvalue weighted by molar-refractivity contribution is 5.93. The summed E-state index contributed by atoms with van der Waals surface area (Å²) < 4.78 is 9.39. The van der Waals surface area contributed by atoms with Gasteiger partial charge < -0.3 is 9.47 Å². The van der Waals surface area contributed by atoms with Crippen LogP contribution in [0.1, 0.15) is 33.6 Å². The van der Waals surface area contributed by atoms with E-state index in [1.807, 2.05) is 0 Å². The van der Waals surface area contributed by atoms with E-state index in [0.29, 0.717) is 0 Å². The van der Waals surface area contributed by atoms with Gasteiger partial charge in [-0.15, -0.1) is 0 Å². The Morgan fingerprint density at radius 1 is 1.27 bits per heavy atom. The standard InChI is InChI=1S/C10H14O5/c1-10(2,3)15-9(13)6-4-7(11)14-8(12)5-6/h6H,4-5H2,1-3H3. The van der Waals surface area contributed by atoms with Gasteiger partial charge in [-0.25, -0.2) is 0 Å². The van der Waals surface area contributed by atoms with Crippen molar-refractivity contribution in [1.29, 1.82) is 0 Å². The highest BCUT2D eigenvalue weighted by Gasteiger charge is 2.34. The van der Waals surface area contributed by atoms with Crippen molar-refractivity contribution < 1.29 is 23.9 Å². The average Bonchev–Trinajstić information content (AvgIpc) is 1.98. The molecule has 5 nitrogen and oxygen atoms in total. The first-order valence-electron chi connectivity index (χ1n) is 4.74. The van der Waals surface area contributed by atoms with Gasteiger partial charge in [0, 0.05) is 0 Å². The van der Waals surface area contributed by atoms with E-state index in [9.17, 15) is 14.4 Å². The fourth-order valence-corrected chi connectivity index (χ4v) is 1.24. The summed E-state index contributed by atoms with van der Waals surface area (Å²) >= 11 is 0. The molecule has 0 unspecified atom stereocenters. The van der Waals surface area contributed by atoms with Crippen molar-refractivity contribution in [3.63, 3.8) is 0 Å². The lowest BCUT2D eigenvalue weighted by Crippen LogP contribution is -2.35. The number of cyclic esters (lactones) is 2. The largest absolute Gasteiger partial charge is 0.460 e. The minimum Gasteiger partial charge on any atom is -0.460 e. The van der Waals surface area contributed by atoms with Gasteiger partial charge in [-0.05, 0) is 20.8 Å². The van der Waals surface area contributed by atoms with Crippen LogP contribution in [0.25, 0.3) is 0 Å². The third-order valence-corrected chi connectivity index (χ3v) is 1.79. The summed E-state index contributed by atoms with van der Waals surface area (Å²) in [5, 5.41) is 0. The maximum Gasteiger partial charge on any atom is 0.314 e. The highest BCUT2D eigenvalue weighted by Crippen LogP contribution is 2.21. The van der Waals surface area contributed by atoms with Crippen LogP contribution < -0.4 is 0 Å². The Kier molecular flexibility index (Phi) is 3.12. The Hall–Kier alpha value is -1.39. The molecule has 0 atom stereocenters. The van der Waals surface area contributed by atoms with Crippen LogP contribution in [0.4, 0.5) is 0 Å². The second kappa shape index (κ2) is 4.00. The van der Waals surface area contributed by atoms with Crippen molar-refractivity contribution in [2.45, 2.75) is 39.2 Å². The zero-order valence-corrected chi connectivity index (χ0v) is 9.03. The van der Waals surface area contributed by atoms with Crippen molar-refractivity contribution in [1.82, 2.24) is 0 Å². The Morgan fingerprint density at radius 2 is 1.73 bits per heavy atom. The molecular formula is C10H14O5. The Labute approximate surface area is 87.7 Å². The molecule has 15 heavy (non-hydrogen) atoms. The summed E-state index contributed by atoms with van der Waals surface area (Å²) in [7, 11) is 0. The second-order valence-electron chi connectivity index (χ2n) is 4.48. The molecular weight excluding hydrogens is 200 g/mol. The molecule has 0 aliphatic carbocycles. The van der Waals surface area contributed by atoms with E-state index in [2.05, 4.69) is 4.74 Å². The molecule has 0 aromatic heterocycles. The first-order valence-corrected chi connectivity index (χ1v) is 4.74. The van der Waals surface area contributed by atoms with E-state index in [-0.39, 0.29) is 12.8 Å². The number of hydrogen-bond acceptors (Lipinski definition) is 5. The Morgan fingerprint density at radius 3 is 2.13 bits per heavy atom. The van der Waals surface area contributed by atoms with Gasteiger partial charge in [0.15, 0.2) is 0 Å². The average molecular weight is 214 g/mol. The lowest BCUT2D eigenvalue weighted by Gasteiger charge is -2.24. The third-order valence-electron chi connectivity index (χ3n) is 1.79. The topological polar surface area (TPSA) is 69.7 Å². The monoisotopic (exact) mass is 214 g/mol. The Balaban J connectivity index is 2.60. The minimum absolute atomic E-state index is 0.0827. The fourth-order valence-electron chi connectivity index (χ4n) is 1.24. The molecule has 84 valence electrons. The van der Waals surface area contributed by atoms with Gasteiger partial charge in [0.2, 0.25) is 0 Å². The molecule has 0 saturated carbocycles. The summed E-state index contributed by atoms with van der Waals surface area (Å²) in [5.74, 6) is -2.55. The van der Waals surface area contributed by atoms with Crippen LogP contribution in [-0.2, 0) is 23.9 Å². The first-order chi connectivity index (χ1) is 6.78. The third kappa shape index (κ3) is 3.69. The minimum atomic E-state index is -0.696. The number of carbonyl (C=O) groups is 3. The van der Waals surface area contributed by atoms with Crippen LogP contribution in [0.3, 0.4) is 0 Å². The van der Waals surface area contributed by atoms with Gasteiger partial charge in [0.25, 0.3) is 0 Å². The van der Waals surface area contributed by atoms with Gasteiger partial charge in [-0.3, -0.25) is 14.4 Å². The zero-order chi connectivity index (χ0) is 11.6. The molecule has 1 heterocycles. The van der Waals surface area contributed by atoms with Crippen LogP contribution >= 0.6 is 0 Å². The molecule has 0 radical (unpaired) electrons. The zero-order valence-electron chi connectivity index (χ0n) is 9.03. The van der Waals surface area contributed by atoms with Crippen molar-refractivity contribution in [2.75, 3.05) is 0 Å². The molecule has 1 saturated heterocycles. The molecule has 0 amide bonds. The number of hydrogen-bond donors (Lipinski definition) is 0. The summed E-state index contributed by atoms with van der Waals surface area (Å²) in [4.78, 5) is 33.3. The lowest BCUT2D eigenvalue weighted by molar-refractivity contribution is -0.175. The van der Waals surface area contributed by atoms with Crippen LogP contribution in [-0.4, -0.2) is 23.5 Å². The predicted octanol–water partition coefficient (Wildman–Crippen LogP) is 0.808. The van der Waals surface area contributed by atoms with E-state index in [1.165, 1.54) is 0 Å². The molecule has 0 aromatic carbocycles. The van der Waals surface area contributed by atoms with Gasteiger partial charge in [0.05, 0.1) is 18.8 Å². The van der Waals surface area contributed by atoms with Crippen LogP contribution in [0.5, 0.6) is 0 Å². The van der Waals surface area contributed by atoms with E-state index < -0.39 is 29.4 Å². The maximum absolute atomic E-state index is 11.5. The smallest absolute Gasteiger partial charge is 0.314 e. The number of carbonyl (C=O) groups excluding carboxylic acids is 3. The quantitative estimate of drug-likeness (QED) is 0.477. The highest BCUT2D eigenvalue weighted by atomic mass is 16.6. The normalized spacial score (nSPS) is 18.6. The van der Waals surface area contributed by atoms with Crippen molar-refractivity contribution in [3.05, 3.63) is 0 Å². The van der Waals surface area contributed by atoms with Gasteiger partial charge in [-0.1, -0.05) is 0 Å². The maximum atomic E-state index is 11.5. The second-order valence-corrected chi connectivity index (χ2v) is 4.48. The number of esters is 3. The molecule has 1 aliphatic rings. The van der Waals surface area contributed by atoms with E-state index in [4.69, 9.17) is 4.74 Å². The summed E-state index contributed by atoms with van der Waals surface area (Å²) in [6, 6.07) is 0. The van der Waals surface area contributed by atoms with Gasteiger partial charge in [-0.2, -0.15) is 0 Å². The van der Waals surface area contributed by atoms with Crippen molar-refractivity contribution >= 4 is 17.9 Å². The number of rotatable bonds is 1. The molecule has 1 aliphatic heterocycles. The Bertz CT molecular complexity index is 283. The van der Waals surface area contributed by atoms with Crippen LogP contribution in [0, 0.1) is 5.92 Å². The summed E-state index contributed by atoms with van der Waals surface area (Å²) in [6.45, 7) is 5.19. The lowest BCUT2D eigenvalue weighted by atomic mass is 9.99.